The van der Waals surface area contributed by atoms with Crippen molar-refractivity contribution in [1.82, 2.24) is 4.98 Å². The van der Waals surface area contributed by atoms with Crippen LogP contribution in [-0.2, 0) is 17.6 Å². The Morgan fingerprint density at radius 1 is 1.43 bits per heavy atom. The molecule has 0 saturated heterocycles. The third kappa shape index (κ3) is 3.72. The molecule has 1 unspecified atom stereocenters. The third-order valence-corrected chi connectivity index (χ3v) is 5.20. The number of nitrogens with one attached hydrogen (secondary N) is 1. The van der Waals surface area contributed by atoms with E-state index >= 15 is 0 Å². The van der Waals surface area contributed by atoms with Gasteiger partial charge in [0.1, 0.15) is 0 Å². The Hall–Kier alpha value is -1.88. The Morgan fingerprint density at radius 2 is 2.26 bits per heavy atom. The molecule has 2 heterocycles. The van der Waals surface area contributed by atoms with Crippen molar-refractivity contribution in [2.24, 2.45) is 0 Å². The molecular weight excluding hydrogens is 306 g/mol. The number of aromatic nitrogens is 1. The van der Waals surface area contributed by atoms with Gasteiger partial charge in [0.25, 0.3) is 0 Å². The minimum Gasteiger partial charge on any atom is -0.359 e. The lowest BCUT2D eigenvalue weighted by atomic mass is 10.0. The van der Waals surface area contributed by atoms with Gasteiger partial charge < -0.3 is 10.2 Å². The summed E-state index contributed by atoms with van der Waals surface area (Å²) in [4.78, 5) is 20.0. The lowest BCUT2D eigenvalue weighted by Crippen LogP contribution is -2.36. The summed E-state index contributed by atoms with van der Waals surface area (Å²) in [7, 11) is 0. The average Bonchev–Trinajstić information content (AvgIpc) is 3.01. The number of nitrogens with zero attached hydrogens (tertiary/aromatic N) is 2. The summed E-state index contributed by atoms with van der Waals surface area (Å²) in [5.41, 5.74) is 2.35. The molecule has 1 aliphatic rings. The van der Waals surface area contributed by atoms with E-state index in [1.807, 2.05) is 23.2 Å². The maximum Gasteiger partial charge on any atom is 0.232 e. The van der Waals surface area contributed by atoms with Crippen LogP contribution >= 0.6 is 11.3 Å². The summed E-state index contributed by atoms with van der Waals surface area (Å²) in [6.07, 6.45) is 5.39. The van der Waals surface area contributed by atoms with Crippen LogP contribution in [0.25, 0.3) is 0 Å². The average molecular weight is 329 g/mol. The van der Waals surface area contributed by atoms with E-state index in [4.69, 9.17) is 0 Å². The van der Waals surface area contributed by atoms with Gasteiger partial charge >= 0.3 is 0 Å². The Labute approximate surface area is 141 Å². The van der Waals surface area contributed by atoms with Crippen molar-refractivity contribution in [2.45, 2.75) is 45.6 Å². The van der Waals surface area contributed by atoms with Crippen LogP contribution in [-0.4, -0.2) is 23.5 Å². The van der Waals surface area contributed by atoms with Crippen molar-refractivity contribution in [3.8, 4) is 0 Å². The minimum atomic E-state index is 0.163. The Morgan fingerprint density at radius 3 is 3.09 bits per heavy atom. The van der Waals surface area contributed by atoms with Gasteiger partial charge in [-0.2, -0.15) is 0 Å². The third-order valence-electron chi connectivity index (χ3n) is 4.27. The van der Waals surface area contributed by atoms with Gasteiger partial charge in [0.05, 0.1) is 6.42 Å². The van der Waals surface area contributed by atoms with Gasteiger partial charge in [0.15, 0.2) is 5.13 Å². The van der Waals surface area contributed by atoms with Gasteiger partial charge in [-0.3, -0.25) is 4.79 Å². The van der Waals surface area contributed by atoms with Gasteiger partial charge in [-0.05, 0) is 37.8 Å². The van der Waals surface area contributed by atoms with Crippen molar-refractivity contribution in [1.29, 1.82) is 0 Å². The van der Waals surface area contributed by atoms with Crippen LogP contribution in [0.2, 0.25) is 0 Å². The first-order chi connectivity index (χ1) is 11.2. The minimum absolute atomic E-state index is 0.163. The summed E-state index contributed by atoms with van der Waals surface area (Å²) >= 11 is 1.58. The molecule has 1 atom stereocenters. The fourth-order valence-electron chi connectivity index (χ4n) is 2.81. The molecule has 0 saturated carbocycles. The highest BCUT2D eigenvalue weighted by Crippen LogP contribution is 2.28. The molecule has 0 fully saturated rings. The predicted molar refractivity (Wildman–Crippen MR) is 96.3 cm³/mol. The summed E-state index contributed by atoms with van der Waals surface area (Å²) < 4.78 is 0. The van der Waals surface area contributed by atoms with Crippen molar-refractivity contribution in [2.75, 3.05) is 16.8 Å². The van der Waals surface area contributed by atoms with Crippen LogP contribution < -0.4 is 10.2 Å². The largest absolute Gasteiger partial charge is 0.359 e. The molecule has 0 spiro atoms. The standard InChI is InChI=1S/C18H23N3OS/c1-3-13(2)20-18-19-12-15(23-18)11-17(22)21-10-6-8-14-7-4-5-9-16(14)21/h4-5,7,9,12-13H,3,6,8,10-11H2,1-2H3,(H,19,20). The second kappa shape index (κ2) is 7.13. The van der Waals surface area contributed by atoms with Crippen molar-refractivity contribution in [3.63, 3.8) is 0 Å². The van der Waals surface area contributed by atoms with E-state index < -0.39 is 0 Å². The number of hydrogen-bond acceptors (Lipinski definition) is 4. The summed E-state index contributed by atoms with van der Waals surface area (Å²) in [5.74, 6) is 0.163. The fraction of sp³-hybridized carbons (Fsp3) is 0.444. The van der Waals surface area contributed by atoms with E-state index in [1.165, 1.54) is 5.56 Å². The zero-order valence-electron chi connectivity index (χ0n) is 13.7. The molecule has 122 valence electrons. The number of thiazole rings is 1. The van der Waals surface area contributed by atoms with E-state index in [1.54, 1.807) is 11.3 Å². The van der Waals surface area contributed by atoms with Crippen LogP contribution in [0.15, 0.2) is 30.5 Å². The van der Waals surface area contributed by atoms with E-state index in [9.17, 15) is 4.79 Å². The SMILES string of the molecule is CCC(C)Nc1ncc(CC(=O)N2CCCc3ccccc32)s1. The molecule has 5 heteroatoms. The molecule has 0 aliphatic carbocycles. The highest BCUT2D eigenvalue weighted by molar-refractivity contribution is 7.15. The molecule has 0 bridgehead atoms. The van der Waals surface area contributed by atoms with Crippen LogP contribution in [0.1, 0.15) is 37.1 Å². The number of carbonyl (C=O) groups excluding carboxylic acids is 1. The maximum atomic E-state index is 12.7. The number of hydrogen-bond donors (Lipinski definition) is 1. The van der Waals surface area contributed by atoms with Gasteiger partial charge in [0, 0.05) is 29.3 Å². The molecule has 3 rings (SSSR count). The molecule has 1 aliphatic heterocycles. The second-order valence-electron chi connectivity index (χ2n) is 6.04. The van der Waals surface area contributed by atoms with E-state index in [2.05, 4.69) is 36.3 Å². The summed E-state index contributed by atoms with van der Waals surface area (Å²) in [6, 6.07) is 8.62. The molecule has 1 aromatic carbocycles. The molecule has 23 heavy (non-hydrogen) atoms. The molecule has 1 aromatic heterocycles. The highest BCUT2D eigenvalue weighted by atomic mass is 32.1. The molecule has 1 amide bonds. The fourth-order valence-corrected chi connectivity index (χ4v) is 3.72. The van der Waals surface area contributed by atoms with Gasteiger partial charge in [0.2, 0.25) is 5.91 Å². The lowest BCUT2D eigenvalue weighted by Gasteiger charge is -2.29. The molecule has 4 nitrogen and oxygen atoms in total. The predicted octanol–water partition coefficient (Wildman–Crippen LogP) is 3.88. The van der Waals surface area contributed by atoms with Crippen LogP contribution in [0.3, 0.4) is 0 Å². The van der Waals surface area contributed by atoms with E-state index in [-0.39, 0.29) is 5.91 Å². The van der Waals surface area contributed by atoms with Crippen LogP contribution in [0, 0.1) is 0 Å². The Bertz CT molecular complexity index is 682. The second-order valence-corrected chi connectivity index (χ2v) is 7.15. The maximum absolute atomic E-state index is 12.7. The highest BCUT2D eigenvalue weighted by Gasteiger charge is 2.22. The summed E-state index contributed by atoms with van der Waals surface area (Å²) in [6.45, 7) is 5.09. The monoisotopic (exact) mass is 329 g/mol. The zero-order chi connectivity index (χ0) is 16.2. The molecule has 0 radical (unpaired) electrons. The molecule has 2 aromatic rings. The number of amides is 1. The quantitative estimate of drug-likeness (QED) is 0.905. The number of anilines is 2. The Balaban J connectivity index is 1.68. The van der Waals surface area contributed by atoms with E-state index in [0.717, 1.165) is 41.5 Å². The van der Waals surface area contributed by atoms with Gasteiger partial charge in [-0.1, -0.05) is 25.1 Å². The normalized spacial score (nSPS) is 15.1. The first-order valence-electron chi connectivity index (χ1n) is 8.27. The number of rotatable bonds is 5. The van der Waals surface area contributed by atoms with Crippen molar-refractivity contribution in [3.05, 3.63) is 40.9 Å². The lowest BCUT2D eigenvalue weighted by molar-refractivity contribution is -0.118. The van der Waals surface area contributed by atoms with E-state index in [0.29, 0.717) is 12.5 Å². The number of benzene rings is 1. The van der Waals surface area contributed by atoms with Crippen molar-refractivity contribution >= 4 is 28.1 Å². The number of para-hydroxylation sites is 1. The number of carbonyl (C=O) groups is 1. The first-order valence-corrected chi connectivity index (χ1v) is 9.08. The molecule has 1 N–H and O–H groups in total. The first kappa shape index (κ1) is 16.0. The smallest absolute Gasteiger partial charge is 0.232 e. The Kier molecular flexibility index (Phi) is 4.96. The van der Waals surface area contributed by atoms with Crippen LogP contribution in [0.5, 0.6) is 0 Å². The number of fused-ring (bicyclic) bond motifs is 1. The number of aryl methyl sites for hydroxylation is 1. The molecular formula is C18H23N3OS. The van der Waals surface area contributed by atoms with Crippen LogP contribution in [0.4, 0.5) is 10.8 Å². The van der Waals surface area contributed by atoms with Crippen molar-refractivity contribution < 1.29 is 4.79 Å². The summed E-state index contributed by atoms with van der Waals surface area (Å²) in [5, 5.41) is 4.27. The topological polar surface area (TPSA) is 45.2 Å². The van der Waals surface area contributed by atoms with Gasteiger partial charge in [-0.15, -0.1) is 11.3 Å². The van der Waals surface area contributed by atoms with Gasteiger partial charge in [-0.25, -0.2) is 4.98 Å². The zero-order valence-corrected chi connectivity index (χ0v) is 14.5.